The molecule has 0 bridgehead atoms. The van der Waals surface area contributed by atoms with Crippen LogP contribution in [0.5, 0.6) is 0 Å². The average molecular weight is 401 g/mol. The Morgan fingerprint density at radius 1 is 1.15 bits per heavy atom. The standard InChI is InChI=1S/C17H16ClF3N4O2/c18-12-2-1-3-13(9-12)24-4-6-25(7-5-24)16(27)23-14-8-11(17(19,20)21)10-22-15(14)26/h1-3,8-10H,4-7H2,(H,22,26)(H,23,27). The number of hydrogen-bond acceptors (Lipinski definition) is 3. The Kier molecular flexibility index (Phi) is 5.31. The third kappa shape index (κ3) is 4.54. The van der Waals surface area contributed by atoms with Gasteiger partial charge in [-0.05, 0) is 24.3 Å². The van der Waals surface area contributed by atoms with Crippen molar-refractivity contribution in [1.29, 1.82) is 0 Å². The molecule has 0 spiro atoms. The van der Waals surface area contributed by atoms with Crippen LogP contribution in [-0.4, -0.2) is 42.1 Å². The van der Waals surface area contributed by atoms with Crippen molar-refractivity contribution >= 4 is 29.0 Å². The monoisotopic (exact) mass is 400 g/mol. The van der Waals surface area contributed by atoms with E-state index in [1.165, 1.54) is 4.90 Å². The highest BCUT2D eigenvalue weighted by molar-refractivity contribution is 6.30. The van der Waals surface area contributed by atoms with Crippen LogP contribution in [0, 0.1) is 0 Å². The summed E-state index contributed by atoms with van der Waals surface area (Å²) in [6.07, 6.45) is -4.05. The van der Waals surface area contributed by atoms with Gasteiger partial charge in [0.1, 0.15) is 5.69 Å². The normalized spacial score (nSPS) is 15.0. The fourth-order valence-corrected chi connectivity index (χ4v) is 2.96. The summed E-state index contributed by atoms with van der Waals surface area (Å²) in [4.78, 5) is 29.5. The number of nitrogens with zero attached hydrogens (tertiary/aromatic N) is 2. The van der Waals surface area contributed by atoms with E-state index < -0.39 is 29.0 Å². The van der Waals surface area contributed by atoms with Crippen molar-refractivity contribution in [2.45, 2.75) is 6.18 Å². The second kappa shape index (κ2) is 7.51. The van der Waals surface area contributed by atoms with Crippen LogP contribution in [0.15, 0.2) is 41.3 Å². The lowest BCUT2D eigenvalue weighted by atomic mass is 10.2. The Hall–Kier alpha value is -2.68. The van der Waals surface area contributed by atoms with Crippen molar-refractivity contribution in [3.63, 3.8) is 0 Å². The summed E-state index contributed by atoms with van der Waals surface area (Å²) in [5.41, 5.74) is -1.35. The predicted octanol–water partition coefficient (Wildman–Crippen LogP) is 3.40. The highest BCUT2D eigenvalue weighted by Gasteiger charge is 2.32. The molecule has 3 rings (SSSR count). The highest BCUT2D eigenvalue weighted by atomic mass is 35.5. The summed E-state index contributed by atoms with van der Waals surface area (Å²) < 4.78 is 38.3. The van der Waals surface area contributed by atoms with Crippen LogP contribution >= 0.6 is 11.6 Å². The first-order valence-corrected chi connectivity index (χ1v) is 8.48. The number of amides is 2. The Morgan fingerprint density at radius 3 is 2.48 bits per heavy atom. The molecule has 1 aromatic carbocycles. The van der Waals surface area contributed by atoms with Gasteiger partial charge in [-0.15, -0.1) is 0 Å². The lowest BCUT2D eigenvalue weighted by Gasteiger charge is -2.36. The Bertz CT molecular complexity index is 892. The molecule has 27 heavy (non-hydrogen) atoms. The number of aromatic amines is 1. The van der Waals surface area contributed by atoms with Gasteiger partial charge in [-0.1, -0.05) is 17.7 Å². The number of carbonyl (C=O) groups excluding carboxylic acids is 1. The highest BCUT2D eigenvalue weighted by Crippen LogP contribution is 2.29. The summed E-state index contributed by atoms with van der Waals surface area (Å²) >= 11 is 5.98. The number of carbonyl (C=O) groups is 1. The molecular weight excluding hydrogens is 385 g/mol. The molecule has 0 atom stereocenters. The predicted molar refractivity (Wildman–Crippen MR) is 96.3 cm³/mol. The fourth-order valence-electron chi connectivity index (χ4n) is 2.78. The smallest absolute Gasteiger partial charge is 0.368 e. The van der Waals surface area contributed by atoms with Gasteiger partial charge >= 0.3 is 12.2 Å². The molecule has 10 heteroatoms. The van der Waals surface area contributed by atoms with E-state index in [1.54, 1.807) is 6.07 Å². The van der Waals surface area contributed by atoms with Crippen molar-refractivity contribution in [2.75, 3.05) is 36.4 Å². The minimum atomic E-state index is -4.62. The van der Waals surface area contributed by atoms with Crippen LogP contribution in [0.2, 0.25) is 5.02 Å². The molecule has 2 heterocycles. The lowest BCUT2D eigenvalue weighted by Crippen LogP contribution is -2.50. The minimum Gasteiger partial charge on any atom is -0.368 e. The summed E-state index contributed by atoms with van der Waals surface area (Å²) in [6, 6.07) is 7.32. The summed E-state index contributed by atoms with van der Waals surface area (Å²) in [5, 5.41) is 2.87. The number of H-pyrrole nitrogens is 1. The molecule has 1 saturated heterocycles. The van der Waals surface area contributed by atoms with E-state index in [4.69, 9.17) is 11.6 Å². The van der Waals surface area contributed by atoms with Crippen molar-refractivity contribution in [3.8, 4) is 0 Å². The van der Waals surface area contributed by atoms with Crippen molar-refractivity contribution in [3.05, 3.63) is 57.5 Å². The summed E-state index contributed by atoms with van der Waals surface area (Å²) in [5.74, 6) is 0. The van der Waals surface area contributed by atoms with E-state index in [1.807, 2.05) is 28.1 Å². The molecule has 0 radical (unpaired) electrons. The number of halogens is 4. The van der Waals surface area contributed by atoms with Crippen molar-refractivity contribution in [1.82, 2.24) is 9.88 Å². The van der Waals surface area contributed by atoms with E-state index in [-0.39, 0.29) is 0 Å². The largest absolute Gasteiger partial charge is 0.417 e. The molecule has 1 aromatic heterocycles. The van der Waals surface area contributed by atoms with Gasteiger partial charge < -0.3 is 20.1 Å². The molecule has 1 aliphatic rings. The number of anilines is 2. The number of alkyl halides is 3. The maximum absolute atomic E-state index is 12.8. The third-order valence-electron chi connectivity index (χ3n) is 4.21. The van der Waals surface area contributed by atoms with Crippen LogP contribution in [-0.2, 0) is 6.18 Å². The van der Waals surface area contributed by atoms with E-state index in [9.17, 15) is 22.8 Å². The zero-order valence-corrected chi connectivity index (χ0v) is 14.8. The Morgan fingerprint density at radius 2 is 1.85 bits per heavy atom. The van der Waals surface area contributed by atoms with Crippen LogP contribution in [0.4, 0.5) is 29.3 Å². The van der Waals surface area contributed by atoms with Crippen LogP contribution in [0.3, 0.4) is 0 Å². The number of aromatic nitrogens is 1. The van der Waals surface area contributed by atoms with Crippen LogP contribution < -0.4 is 15.8 Å². The molecule has 2 N–H and O–H groups in total. The molecule has 0 unspecified atom stereocenters. The van der Waals surface area contributed by atoms with Crippen molar-refractivity contribution in [2.24, 2.45) is 0 Å². The quantitative estimate of drug-likeness (QED) is 0.811. The number of rotatable bonds is 2. The topological polar surface area (TPSA) is 68.4 Å². The molecule has 1 aliphatic heterocycles. The molecule has 6 nitrogen and oxygen atoms in total. The van der Waals surface area contributed by atoms with E-state index >= 15 is 0 Å². The third-order valence-corrected chi connectivity index (χ3v) is 4.45. The van der Waals surface area contributed by atoms with Gasteiger partial charge in [0.2, 0.25) is 0 Å². The first kappa shape index (κ1) is 19.1. The van der Waals surface area contributed by atoms with Gasteiger partial charge in [0.25, 0.3) is 5.56 Å². The SMILES string of the molecule is O=C(Nc1cc(C(F)(F)F)c[nH]c1=O)N1CCN(c2cccc(Cl)c2)CC1. The van der Waals surface area contributed by atoms with Gasteiger partial charge in [0.15, 0.2) is 0 Å². The minimum absolute atomic E-state index is 0.356. The zero-order chi connectivity index (χ0) is 19.6. The number of benzene rings is 1. The van der Waals surface area contributed by atoms with Gasteiger partial charge in [-0.25, -0.2) is 4.79 Å². The van der Waals surface area contributed by atoms with Gasteiger partial charge in [-0.2, -0.15) is 13.2 Å². The van der Waals surface area contributed by atoms with Crippen LogP contribution in [0.25, 0.3) is 0 Å². The summed E-state index contributed by atoms with van der Waals surface area (Å²) in [6.45, 7) is 1.78. The zero-order valence-electron chi connectivity index (χ0n) is 14.0. The van der Waals surface area contributed by atoms with E-state index in [0.717, 1.165) is 5.69 Å². The van der Waals surface area contributed by atoms with Gasteiger partial charge in [0, 0.05) is 43.1 Å². The molecule has 144 valence electrons. The fraction of sp³-hybridized carbons (Fsp3) is 0.294. The number of hydrogen-bond donors (Lipinski definition) is 2. The van der Waals surface area contributed by atoms with Gasteiger partial charge in [-0.3, -0.25) is 4.79 Å². The number of pyridine rings is 1. The van der Waals surface area contributed by atoms with Gasteiger partial charge in [0.05, 0.1) is 5.56 Å². The molecule has 0 aliphatic carbocycles. The molecule has 1 fully saturated rings. The first-order valence-electron chi connectivity index (χ1n) is 8.10. The lowest BCUT2D eigenvalue weighted by molar-refractivity contribution is -0.137. The number of urea groups is 1. The first-order chi connectivity index (χ1) is 12.7. The second-order valence-electron chi connectivity index (χ2n) is 6.01. The molecule has 2 aromatic rings. The van der Waals surface area contributed by atoms with Crippen LogP contribution in [0.1, 0.15) is 5.56 Å². The Labute approximate surface area is 157 Å². The maximum Gasteiger partial charge on any atom is 0.417 e. The molecular formula is C17H16ClF3N4O2. The molecule has 2 amide bonds. The van der Waals surface area contributed by atoms with E-state index in [0.29, 0.717) is 43.5 Å². The van der Waals surface area contributed by atoms with Crippen molar-refractivity contribution < 1.29 is 18.0 Å². The molecule has 0 saturated carbocycles. The van der Waals surface area contributed by atoms with E-state index in [2.05, 4.69) is 5.32 Å². The number of piperazine rings is 1. The maximum atomic E-state index is 12.8. The second-order valence-corrected chi connectivity index (χ2v) is 6.45. The Balaban J connectivity index is 1.64. The summed E-state index contributed by atoms with van der Waals surface area (Å²) in [7, 11) is 0. The number of nitrogens with one attached hydrogen (secondary N) is 2. The average Bonchev–Trinajstić information content (AvgIpc) is 2.62.